The molecule has 3 N–H and O–H groups in total. The minimum absolute atomic E-state index is 0.123. The Bertz CT molecular complexity index is 690. The van der Waals surface area contributed by atoms with E-state index in [1.54, 1.807) is 12.4 Å². The summed E-state index contributed by atoms with van der Waals surface area (Å²) in [6, 6.07) is 7.46. The van der Waals surface area contributed by atoms with Gasteiger partial charge in [-0.05, 0) is 30.9 Å². The van der Waals surface area contributed by atoms with Gasteiger partial charge in [0, 0.05) is 18.0 Å². The number of hydrogen-bond donors (Lipinski definition) is 3. The van der Waals surface area contributed by atoms with Crippen molar-refractivity contribution in [2.75, 3.05) is 0 Å². The number of rotatable bonds is 4. The van der Waals surface area contributed by atoms with Crippen molar-refractivity contribution in [3.8, 4) is 11.1 Å². The maximum Gasteiger partial charge on any atom is 0.315 e. The van der Waals surface area contributed by atoms with Crippen molar-refractivity contribution >= 4 is 6.03 Å². The van der Waals surface area contributed by atoms with Crippen LogP contribution in [0.5, 0.6) is 0 Å². The first kappa shape index (κ1) is 17.4. The molecule has 1 fully saturated rings. The number of amides is 2. The van der Waals surface area contributed by atoms with Crippen molar-refractivity contribution < 1.29 is 9.90 Å². The highest BCUT2D eigenvalue weighted by atomic mass is 16.3. The van der Waals surface area contributed by atoms with Crippen LogP contribution in [0.3, 0.4) is 0 Å². The molecular weight excluding hydrogens is 316 g/mol. The molecule has 3 atom stereocenters. The normalized spacial score (nSPS) is 21.4. The number of hydrogen-bond acceptors (Lipinski definition) is 4. The lowest BCUT2D eigenvalue weighted by molar-refractivity contribution is 0.0941. The molecule has 6 nitrogen and oxygen atoms in total. The van der Waals surface area contributed by atoms with Gasteiger partial charge in [0.2, 0.25) is 0 Å². The smallest absolute Gasteiger partial charge is 0.315 e. The molecule has 25 heavy (non-hydrogen) atoms. The van der Waals surface area contributed by atoms with E-state index in [2.05, 4.69) is 20.6 Å². The zero-order valence-corrected chi connectivity index (χ0v) is 14.4. The fraction of sp³-hybridized carbons (Fsp3) is 0.421. The Morgan fingerprint density at radius 1 is 1.12 bits per heavy atom. The average Bonchev–Trinajstić information content (AvgIpc) is 2.64. The standard InChI is InChI=1S/C19H24N4O2/c1-13(22-19(25)23-17-4-2-3-5-18(17)24)14-6-8-15(9-7-14)16-10-20-12-21-11-16/h6-13,17-18,24H,2-5H2,1H3,(H2,22,23,25). The number of aromatic nitrogens is 2. The molecule has 1 aromatic carbocycles. The van der Waals surface area contributed by atoms with Crippen LogP contribution >= 0.6 is 0 Å². The lowest BCUT2D eigenvalue weighted by Gasteiger charge is -2.29. The lowest BCUT2D eigenvalue weighted by Crippen LogP contribution is -2.49. The summed E-state index contributed by atoms with van der Waals surface area (Å²) in [5.41, 5.74) is 3.00. The van der Waals surface area contributed by atoms with E-state index in [9.17, 15) is 9.90 Å². The molecular formula is C19H24N4O2. The van der Waals surface area contributed by atoms with Crippen molar-refractivity contribution in [2.45, 2.75) is 50.8 Å². The van der Waals surface area contributed by atoms with Crippen LogP contribution in [0.4, 0.5) is 4.79 Å². The zero-order chi connectivity index (χ0) is 17.6. The van der Waals surface area contributed by atoms with E-state index in [0.29, 0.717) is 0 Å². The molecule has 0 bridgehead atoms. The van der Waals surface area contributed by atoms with Crippen LogP contribution in [0.2, 0.25) is 0 Å². The van der Waals surface area contributed by atoms with E-state index >= 15 is 0 Å². The third-order valence-electron chi connectivity index (χ3n) is 4.70. The predicted octanol–water partition coefficient (Wildman–Crippen LogP) is 2.81. The maximum absolute atomic E-state index is 12.2. The van der Waals surface area contributed by atoms with Gasteiger partial charge in [-0.15, -0.1) is 0 Å². The topological polar surface area (TPSA) is 87.1 Å². The Morgan fingerprint density at radius 2 is 1.80 bits per heavy atom. The van der Waals surface area contributed by atoms with Gasteiger partial charge in [0.05, 0.1) is 18.2 Å². The quantitative estimate of drug-likeness (QED) is 0.799. The molecule has 3 rings (SSSR count). The van der Waals surface area contributed by atoms with Gasteiger partial charge in [0.1, 0.15) is 6.33 Å². The number of aliphatic hydroxyl groups excluding tert-OH is 1. The molecule has 1 heterocycles. The molecule has 0 aliphatic heterocycles. The maximum atomic E-state index is 12.2. The van der Waals surface area contributed by atoms with Crippen LogP contribution in [-0.4, -0.2) is 33.3 Å². The Morgan fingerprint density at radius 3 is 2.48 bits per heavy atom. The van der Waals surface area contributed by atoms with Crippen LogP contribution in [-0.2, 0) is 0 Å². The molecule has 1 aliphatic rings. The monoisotopic (exact) mass is 340 g/mol. The van der Waals surface area contributed by atoms with Crippen LogP contribution in [0, 0.1) is 0 Å². The SMILES string of the molecule is CC(NC(=O)NC1CCCCC1O)c1ccc(-c2cncnc2)cc1. The van der Waals surface area contributed by atoms with Crippen LogP contribution in [0.15, 0.2) is 43.0 Å². The fourth-order valence-electron chi connectivity index (χ4n) is 3.18. The molecule has 0 spiro atoms. The summed E-state index contributed by atoms with van der Waals surface area (Å²) in [4.78, 5) is 20.2. The molecule has 1 saturated carbocycles. The number of aliphatic hydroxyl groups is 1. The fourth-order valence-corrected chi connectivity index (χ4v) is 3.18. The number of urea groups is 1. The summed E-state index contributed by atoms with van der Waals surface area (Å²) < 4.78 is 0. The minimum atomic E-state index is -0.442. The molecule has 0 radical (unpaired) electrons. The van der Waals surface area contributed by atoms with Gasteiger partial charge < -0.3 is 15.7 Å². The van der Waals surface area contributed by atoms with Crippen molar-refractivity contribution in [1.82, 2.24) is 20.6 Å². The first-order valence-electron chi connectivity index (χ1n) is 8.74. The minimum Gasteiger partial charge on any atom is -0.391 e. The average molecular weight is 340 g/mol. The van der Waals surface area contributed by atoms with Crippen molar-refractivity contribution in [2.24, 2.45) is 0 Å². The van der Waals surface area contributed by atoms with E-state index in [4.69, 9.17) is 0 Å². The Labute approximate surface area is 147 Å². The number of carbonyl (C=O) groups is 1. The van der Waals surface area contributed by atoms with E-state index in [1.807, 2.05) is 31.2 Å². The summed E-state index contributed by atoms with van der Waals surface area (Å²) in [5.74, 6) is 0. The van der Waals surface area contributed by atoms with E-state index in [1.165, 1.54) is 6.33 Å². The number of nitrogens with zero attached hydrogens (tertiary/aromatic N) is 2. The lowest BCUT2D eigenvalue weighted by atomic mass is 9.93. The summed E-state index contributed by atoms with van der Waals surface area (Å²) in [6.07, 6.45) is 8.26. The zero-order valence-electron chi connectivity index (χ0n) is 14.4. The molecule has 2 aromatic rings. The highest BCUT2D eigenvalue weighted by Gasteiger charge is 2.24. The van der Waals surface area contributed by atoms with Gasteiger partial charge in [-0.3, -0.25) is 0 Å². The second kappa shape index (κ2) is 8.07. The van der Waals surface area contributed by atoms with Gasteiger partial charge >= 0.3 is 6.03 Å². The van der Waals surface area contributed by atoms with Gasteiger partial charge in [-0.1, -0.05) is 37.1 Å². The number of nitrogens with one attached hydrogen (secondary N) is 2. The van der Waals surface area contributed by atoms with E-state index < -0.39 is 6.10 Å². The number of carbonyl (C=O) groups excluding carboxylic acids is 1. The summed E-state index contributed by atoms with van der Waals surface area (Å²) in [6.45, 7) is 1.94. The van der Waals surface area contributed by atoms with Crippen LogP contribution in [0.1, 0.15) is 44.2 Å². The summed E-state index contributed by atoms with van der Waals surface area (Å²) in [5, 5.41) is 15.8. The van der Waals surface area contributed by atoms with Gasteiger partial charge in [0.15, 0.2) is 0 Å². The third-order valence-corrected chi connectivity index (χ3v) is 4.70. The molecule has 1 aliphatic carbocycles. The van der Waals surface area contributed by atoms with Crippen molar-refractivity contribution in [3.63, 3.8) is 0 Å². The van der Waals surface area contributed by atoms with Gasteiger partial charge in [-0.25, -0.2) is 14.8 Å². The molecule has 6 heteroatoms. The highest BCUT2D eigenvalue weighted by Crippen LogP contribution is 2.21. The number of benzene rings is 1. The van der Waals surface area contributed by atoms with E-state index in [-0.39, 0.29) is 18.1 Å². The molecule has 2 amide bonds. The second-order valence-corrected chi connectivity index (χ2v) is 6.55. The Hall–Kier alpha value is -2.47. The Kier molecular flexibility index (Phi) is 5.60. The van der Waals surface area contributed by atoms with Gasteiger partial charge in [0.25, 0.3) is 0 Å². The highest BCUT2D eigenvalue weighted by molar-refractivity contribution is 5.75. The molecule has 1 aromatic heterocycles. The molecule has 3 unspecified atom stereocenters. The first-order chi connectivity index (χ1) is 12.1. The van der Waals surface area contributed by atoms with Gasteiger partial charge in [-0.2, -0.15) is 0 Å². The van der Waals surface area contributed by atoms with Crippen molar-refractivity contribution in [1.29, 1.82) is 0 Å². The third kappa shape index (κ3) is 4.54. The van der Waals surface area contributed by atoms with Crippen LogP contribution in [0.25, 0.3) is 11.1 Å². The second-order valence-electron chi connectivity index (χ2n) is 6.55. The summed E-state index contributed by atoms with van der Waals surface area (Å²) in [7, 11) is 0. The predicted molar refractivity (Wildman–Crippen MR) is 95.8 cm³/mol. The first-order valence-corrected chi connectivity index (χ1v) is 8.74. The van der Waals surface area contributed by atoms with Crippen molar-refractivity contribution in [3.05, 3.63) is 48.5 Å². The molecule has 132 valence electrons. The largest absolute Gasteiger partial charge is 0.391 e. The summed E-state index contributed by atoms with van der Waals surface area (Å²) >= 11 is 0. The Balaban J connectivity index is 1.57. The molecule has 0 saturated heterocycles. The van der Waals surface area contributed by atoms with E-state index in [0.717, 1.165) is 42.4 Å². The van der Waals surface area contributed by atoms with Crippen LogP contribution < -0.4 is 10.6 Å².